The SMILES string of the molecule is c1ccc(-c2ccc(-c3ccc(N(c4ccc(-c5ccc(-c6ccccc6)cc5-c5ccccc5)cc4)c4ccc(-c5cccc6c5c(-c5ccccc5)c(-c5ccccc5)c5ccccc56)cc4)cc3)cc2)cc1. The van der Waals surface area contributed by atoms with Crippen molar-refractivity contribution in [3.05, 3.63) is 309 Å². The fourth-order valence-electron chi connectivity index (χ4n) is 11.1. The molecule has 0 spiro atoms. The molecule has 1 nitrogen and oxygen atoms in total. The van der Waals surface area contributed by atoms with Crippen LogP contribution in [0.25, 0.3) is 111 Å². The van der Waals surface area contributed by atoms with Gasteiger partial charge in [-0.25, -0.2) is 0 Å². The first-order chi connectivity index (χ1) is 37.2. The first-order valence-corrected chi connectivity index (χ1v) is 25.8. The quantitative estimate of drug-likeness (QED) is 0.117. The molecule has 0 aromatic heterocycles. The Morgan fingerprint density at radius 1 is 0.173 bits per heavy atom. The number of fused-ring (bicyclic) bond motifs is 3. The largest absolute Gasteiger partial charge is 0.311 e. The van der Waals surface area contributed by atoms with Crippen molar-refractivity contribution in [1.29, 1.82) is 0 Å². The topological polar surface area (TPSA) is 3.24 Å². The molecular formula is C74H51N. The molecule has 352 valence electrons. The van der Waals surface area contributed by atoms with Gasteiger partial charge in [0.1, 0.15) is 0 Å². The van der Waals surface area contributed by atoms with Gasteiger partial charge in [-0.2, -0.15) is 0 Å². The Bertz CT molecular complexity index is 4080. The summed E-state index contributed by atoms with van der Waals surface area (Å²) in [6.45, 7) is 0. The van der Waals surface area contributed by atoms with Gasteiger partial charge in [0.15, 0.2) is 0 Å². The van der Waals surface area contributed by atoms with Gasteiger partial charge in [0.25, 0.3) is 0 Å². The molecule has 0 saturated heterocycles. The van der Waals surface area contributed by atoms with Crippen LogP contribution in [0.3, 0.4) is 0 Å². The van der Waals surface area contributed by atoms with Gasteiger partial charge in [-0.05, 0) is 153 Å². The van der Waals surface area contributed by atoms with Gasteiger partial charge in [0.05, 0.1) is 0 Å². The average Bonchev–Trinajstić information content (AvgIpc) is 3.50. The zero-order valence-electron chi connectivity index (χ0n) is 41.4. The van der Waals surface area contributed by atoms with E-state index in [0.717, 1.165) is 28.2 Å². The molecule has 0 aliphatic heterocycles. The summed E-state index contributed by atoms with van der Waals surface area (Å²) in [5.41, 5.74) is 22.4. The van der Waals surface area contributed by atoms with Crippen LogP contribution in [-0.4, -0.2) is 0 Å². The lowest BCUT2D eigenvalue weighted by molar-refractivity contribution is 1.28. The summed E-state index contributed by atoms with van der Waals surface area (Å²) in [5.74, 6) is 0. The third-order valence-corrected chi connectivity index (χ3v) is 14.7. The van der Waals surface area contributed by atoms with E-state index in [4.69, 9.17) is 0 Å². The Balaban J connectivity index is 0.928. The minimum Gasteiger partial charge on any atom is -0.311 e. The molecule has 13 rings (SSSR count). The van der Waals surface area contributed by atoms with E-state index in [1.54, 1.807) is 0 Å². The summed E-state index contributed by atoms with van der Waals surface area (Å²) in [5, 5.41) is 4.99. The van der Waals surface area contributed by atoms with Gasteiger partial charge in [-0.3, -0.25) is 0 Å². The van der Waals surface area contributed by atoms with E-state index in [1.165, 1.54) is 99.4 Å². The van der Waals surface area contributed by atoms with Crippen LogP contribution in [0.15, 0.2) is 309 Å². The summed E-state index contributed by atoms with van der Waals surface area (Å²) in [7, 11) is 0. The molecule has 0 unspecified atom stereocenters. The molecule has 0 atom stereocenters. The van der Waals surface area contributed by atoms with Crippen molar-refractivity contribution in [3.63, 3.8) is 0 Å². The van der Waals surface area contributed by atoms with Gasteiger partial charge >= 0.3 is 0 Å². The van der Waals surface area contributed by atoms with Gasteiger partial charge in [0.2, 0.25) is 0 Å². The first-order valence-electron chi connectivity index (χ1n) is 25.8. The average molecular weight is 954 g/mol. The molecule has 0 saturated carbocycles. The molecule has 0 aliphatic carbocycles. The van der Waals surface area contributed by atoms with E-state index < -0.39 is 0 Å². The molecule has 0 radical (unpaired) electrons. The molecular weight excluding hydrogens is 903 g/mol. The third-order valence-electron chi connectivity index (χ3n) is 14.7. The van der Waals surface area contributed by atoms with Gasteiger partial charge < -0.3 is 4.90 Å². The Morgan fingerprint density at radius 2 is 0.507 bits per heavy atom. The summed E-state index contributed by atoms with van der Waals surface area (Å²) in [4.78, 5) is 2.38. The Hall–Kier alpha value is -9.82. The Labute approximate surface area is 439 Å². The normalized spacial score (nSPS) is 11.2. The highest BCUT2D eigenvalue weighted by atomic mass is 15.1. The molecule has 0 fully saturated rings. The summed E-state index contributed by atoms with van der Waals surface area (Å²) >= 11 is 0. The second-order valence-electron chi connectivity index (χ2n) is 19.2. The van der Waals surface area contributed by atoms with E-state index in [0.29, 0.717) is 0 Å². The fraction of sp³-hybridized carbons (Fsp3) is 0. The highest BCUT2D eigenvalue weighted by Gasteiger charge is 2.21. The number of benzene rings is 13. The van der Waals surface area contributed by atoms with Gasteiger partial charge in [0, 0.05) is 17.1 Å². The summed E-state index contributed by atoms with van der Waals surface area (Å²) in [6.07, 6.45) is 0. The smallest absolute Gasteiger partial charge is 0.0462 e. The van der Waals surface area contributed by atoms with Crippen molar-refractivity contribution in [2.45, 2.75) is 0 Å². The van der Waals surface area contributed by atoms with Crippen molar-refractivity contribution in [3.8, 4) is 89.0 Å². The number of nitrogens with zero attached hydrogens (tertiary/aromatic N) is 1. The van der Waals surface area contributed by atoms with Crippen LogP contribution in [-0.2, 0) is 0 Å². The van der Waals surface area contributed by atoms with Crippen LogP contribution >= 0.6 is 0 Å². The second kappa shape index (κ2) is 20.0. The van der Waals surface area contributed by atoms with Crippen LogP contribution in [0.1, 0.15) is 0 Å². The van der Waals surface area contributed by atoms with E-state index in [9.17, 15) is 0 Å². The molecule has 75 heavy (non-hydrogen) atoms. The predicted octanol–water partition coefficient (Wildman–Crippen LogP) is 20.8. The number of anilines is 3. The highest BCUT2D eigenvalue weighted by molar-refractivity contribution is 6.25. The van der Waals surface area contributed by atoms with E-state index in [2.05, 4.69) is 314 Å². The highest BCUT2D eigenvalue weighted by Crippen LogP contribution is 2.48. The molecule has 1 heteroatoms. The van der Waals surface area contributed by atoms with Crippen molar-refractivity contribution >= 4 is 38.6 Å². The van der Waals surface area contributed by atoms with E-state index in [-0.39, 0.29) is 0 Å². The van der Waals surface area contributed by atoms with Crippen molar-refractivity contribution in [2.75, 3.05) is 4.90 Å². The van der Waals surface area contributed by atoms with Crippen molar-refractivity contribution in [2.24, 2.45) is 0 Å². The molecule has 0 heterocycles. The lowest BCUT2D eigenvalue weighted by Gasteiger charge is -2.26. The Kier molecular flexibility index (Phi) is 12.0. The van der Waals surface area contributed by atoms with Crippen LogP contribution < -0.4 is 4.90 Å². The molecule has 0 N–H and O–H groups in total. The molecule has 0 amide bonds. The standard InChI is InChI=1S/C74H51N/c1-6-19-52(20-7-1)54-33-35-55(36-34-54)56-37-44-63(45-38-56)75(64-46-39-58(40-47-64)66-50-43-62(53-21-8-2-9-22-53)51-71(66)57-23-10-3-11-24-57)65-48-41-59(42-49-65)67-31-18-32-70-68-29-16-17-30-69(68)72(60-25-12-4-13-26-60)73(74(67)70)61-27-14-5-15-28-61/h1-51H. The van der Waals surface area contributed by atoms with E-state index in [1.807, 2.05) is 0 Å². The molecule has 13 aromatic rings. The van der Waals surface area contributed by atoms with Gasteiger partial charge in [-0.1, -0.05) is 267 Å². The lowest BCUT2D eigenvalue weighted by Crippen LogP contribution is -2.09. The predicted molar refractivity (Wildman–Crippen MR) is 320 cm³/mol. The third kappa shape index (κ3) is 8.77. The molecule has 0 aliphatic rings. The number of rotatable bonds is 11. The summed E-state index contributed by atoms with van der Waals surface area (Å²) < 4.78 is 0. The number of hydrogen-bond donors (Lipinski definition) is 0. The monoisotopic (exact) mass is 953 g/mol. The first kappa shape index (κ1) is 45.1. The van der Waals surface area contributed by atoms with Crippen LogP contribution in [0.2, 0.25) is 0 Å². The fourth-order valence-corrected chi connectivity index (χ4v) is 11.1. The van der Waals surface area contributed by atoms with Crippen LogP contribution in [0.4, 0.5) is 17.1 Å². The lowest BCUT2D eigenvalue weighted by atomic mass is 9.82. The number of hydrogen-bond acceptors (Lipinski definition) is 1. The van der Waals surface area contributed by atoms with Crippen molar-refractivity contribution < 1.29 is 0 Å². The molecule has 0 bridgehead atoms. The van der Waals surface area contributed by atoms with Crippen molar-refractivity contribution in [1.82, 2.24) is 0 Å². The summed E-state index contributed by atoms with van der Waals surface area (Å²) in [6, 6.07) is 113. The Morgan fingerprint density at radius 3 is 1.01 bits per heavy atom. The maximum absolute atomic E-state index is 2.38. The minimum atomic E-state index is 1.07. The van der Waals surface area contributed by atoms with Gasteiger partial charge in [-0.15, -0.1) is 0 Å². The van der Waals surface area contributed by atoms with Crippen LogP contribution in [0.5, 0.6) is 0 Å². The maximum Gasteiger partial charge on any atom is 0.0462 e. The zero-order chi connectivity index (χ0) is 49.9. The van der Waals surface area contributed by atoms with Crippen LogP contribution in [0, 0.1) is 0 Å². The van der Waals surface area contributed by atoms with E-state index >= 15 is 0 Å². The molecule has 13 aromatic carbocycles. The zero-order valence-corrected chi connectivity index (χ0v) is 41.4. The second-order valence-corrected chi connectivity index (χ2v) is 19.2. The maximum atomic E-state index is 2.38. The minimum absolute atomic E-state index is 1.07.